The second-order valence-corrected chi connectivity index (χ2v) is 2.83. The maximum Gasteiger partial charge on any atom is 0.156 e. The molecule has 2 N–H and O–H groups in total. The van der Waals surface area contributed by atoms with E-state index in [9.17, 15) is 0 Å². The van der Waals surface area contributed by atoms with Crippen LogP contribution >= 0.6 is 0 Å². The van der Waals surface area contributed by atoms with Crippen molar-refractivity contribution < 1.29 is 9.94 Å². The summed E-state index contributed by atoms with van der Waals surface area (Å²) in [7, 11) is 0. The van der Waals surface area contributed by atoms with E-state index in [1.54, 1.807) is 0 Å². The first-order valence-electron chi connectivity index (χ1n) is 4.01. The van der Waals surface area contributed by atoms with E-state index in [2.05, 4.69) is 11.5 Å². The summed E-state index contributed by atoms with van der Waals surface area (Å²) in [6.07, 6.45) is 0.573. The molecular weight excluding hydrogens is 154 g/mol. The highest BCUT2D eigenvalue weighted by atomic mass is 16.6. The van der Waals surface area contributed by atoms with Crippen LogP contribution in [0.2, 0.25) is 0 Å². The third-order valence-electron chi connectivity index (χ3n) is 2.11. The lowest BCUT2D eigenvalue weighted by molar-refractivity contribution is -0.0613. The molecule has 0 fully saturated rings. The molecule has 2 rings (SSSR count). The van der Waals surface area contributed by atoms with Gasteiger partial charge in [-0.2, -0.15) is 5.48 Å². The smallest absolute Gasteiger partial charge is 0.156 e. The molecule has 0 amide bonds. The van der Waals surface area contributed by atoms with E-state index >= 15 is 0 Å². The molecule has 0 radical (unpaired) electrons. The van der Waals surface area contributed by atoms with Crippen molar-refractivity contribution in [1.82, 2.24) is 5.48 Å². The quantitative estimate of drug-likeness (QED) is 0.615. The molecule has 1 aliphatic rings. The van der Waals surface area contributed by atoms with Crippen molar-refractivity contribution in [1.29, 1.82) is 0 Å². The first-order valence-corrected chi connectivity index (χ1v) is 4.01. The van der Waals surface area contributed by atoms with Gasteiger partial charge in [0, 0.05) is 5.56 Å². The summed E-state index contributed by atoms with van der Waals surface area (Å²) in [5, 5.41) is 8.76. The van der Waals surface area contributed by atoms with E-state index in [0.717, 1.165) is 12.0 Å². The SMILES string of the molecule is ONC1OCCc2ccccc21. The lowest BCUT2D eigenvalue weighted by Crippen LogP contribution is -2.26. The van der Waals surface area contributed by atoms with Crippen LogP contribution in [0, 0.1) is 0 Å². The highest BCUT2D eigenvalue weighted by Gasteiger charge is 2.18. The number of hydroxylamine groups is 1. The summed E-state index contributed by atoms with van der Waals surface area (Å²) in [5.41, 5.74) is 4.42. The Bertz CT molecular complexity index is 275. The third kappa shape index (κ3) is 1.22. The van der Waals surface area contributed by atoms with Crippen LogP contribution in [0.3, 0.4) is 0 Å². The Balaban J connectivity index is 2.37. The maximum absolute atomic E-state index is 8.76. The molecule has 1 atom stereocenters. The molecule has 0 saturated carbocycles. The van der Waals surface area contributed by atoms with Crippen LogP contribution in [0.25, 0.3) is 0 Å². The number of rotatable bonds is 1. The number of hydrogen-bond acceptors (Lipinski definition) is 3. The van der Waals surface area contributed by atoms with Crippen molar-refractivity contribution in [2.75, 3.05) is 6.61 Å². The van der Waals surface area contributed by atoms with E-state index in [1.165, 1.54) is 5.56 Å². The molecule has 3 nitrogen and oxygen atoms in total. The molecule has 0 bridgehead atoms. The standard InChI is InChI=1S/C9H11NO2/c11-10-9-8-4-2-1-3-7(8)5-6-12-9/h1-4,9-11H,5-6H2. The number of nitrogens with one attached hydrogen (secondary N) is 1. The number of fused-ring (bicyclic) bond motifs is 1. The molecule has 12 heavy (non-hydrogen) atoms. The Kier molecular flexibility index (Phi) is 2.08. The van der Waals surface area contributed by atoms with Gasteiger partial charge in [0.2, 0.25) is 0 Å². The fraction of sp³-hybridized carbons (Fsp3) is 0.333. The van der Waals surface area contributed by atoms with E-state index < -0.39 is 0 Å². The third-order valence-corrected chi connectivity index (χ3v) is 2.11. The molecule has 0 saturated heterocycles. The van der Waals surface area contributed by atoms with Crippen molar-refractivity contribution >= 4 is 0 Å². The Morgan fingerprint density at radius 3 is 3.08 bits per heavy atom. The summed E-state index contributed by atoms with van der Waals surface area (Å²) in [5.74, 6) is 0. The lowest BCUT2D eigenvalue weighted by atomic mass is 10.0. The van der Waals surface area contributed by atoms with E-state index in [4.69, 9.17) is 9.94 Å². The predicted octanol–water partition coefficient (Wildman–Crippen LogP) is 1.24. The van der Waals surface area contributed by atoms with E-state index in [0.29, 0.717) is 6.61 Å². The van der Waals surface area contributed by atoms with Crippen LogP contribution in [-0.2, 0) is 11.2 Å². The minimum atomic E-state index is -0.352. The first-order chi connectivity index (χ1) is 5.92. The molecule has 3 heteroatoms. The van der Waals surface area contributed by atoms with Crippen LogP contribution in [0.1, 0.15) is 17.4 Å². The summed E-state index contributed by atoms with van der Waals surface area (Å²) < 4.78 is 5.29. The first kappa shape index (κ1) is 7.73. The molecule has 1 unspecified atom stereocenters. The highest BCUT2D eigenvalue weighted by Crippen LogP contribution is 2.23. The molecule has 1 aromatic carbocycles. The van der Waals surface area contributed by atoms with Gasteiger partial charge in [-0.05, 0) is 12.0 Å². The summed E-state index contributed by atoms with van der Waals surface area (Å²) in [6, 6.07) is 7.96. The molecule has 0 aliphatic carbocycles. The van der Waals surface area contributed by atoms with Crippen molar-refractivity contribution in [3.63, 3.8) is 0 Å². The van der Waals surface area contributed by atoms with Gasteiger partial charge in [-0.1, -0.05) is 24.3 Å². The Morgan fingerprint density at radius 1 is 1.42 bits per heavy atom. The van der Waals surface area contributed by atoms with E-state index in [-0.39, 0.29) is 6.23 Å². The summed E-state index contributed by atoms with van der Waals surface area (Å²) >= 11 is 0. The molecule has 1 heterocycles. The maximum atomic E-state index is 8.76. The normalized spacial score (nSPS) is 21.9. The second-order valence-electron chi connectivity index (χ2n) is 2.83. The number of ether oxygens (including phenoxy) is 1. The zero-order valence-electron chi connectivity index (χ0n) is 6.66. The summed E-state index contributed by atoms with van der Waals surface area (Å²) in [4.78, 5) is 0. The monoisotopic (exact) mass is 165 g/mol. The molecule has 0 aromatic heterocycles. The van der Waals surface area contributed by atoms with Gasteiger partial charge in [0.1, 0.15) is 0 Å². The van der Waals surface area contributed by atoms with Crippen molar-refractivity contribution in [3.8, 4) is 0 Å². The molecule has 64 valence electrons. The van der Waals surface area contributed by atoms with Crippen LogP contribution in [-0.4, -0.2) is 11.8 Å². The zero-order valence-corrected chi connectivity index (χ0v) is 6.66. The molecule has 1 aliphatic heterocycles. The average molecular weight is 165 g/mol. The van der Waals surface area contributed by atoms with Crippen molar-refractivity contribution in [2.24, 2.45) is 0 Å². The van der Waals surface area contributed by atoms with Crippen LogP contribution in [0.5, 0.6) is 0 Å². The molecular formula is C9H11NO2. The van der Waals surface area contributed by atoms with Gasteiger partial charge in [0.25, 0.3) is 0 Å². The largest absolute Gasteiger partial charge is 0.357 e. The minimum absolute atomic E-state index is 0.352. The lowest BCUT2D eigenvalue weighted by Gasteiger charge is -2.24. The van der Waals surface area contributed by atoms with E-state index in [1.807, 2.05) is 18.2 Å². The van der Waals surface area contributed by atoms with Gasteiger partial charge in [0.05, 0.1) is 6.61 Å². The van der Waals surface area contributed by atoms with Gasteiger partial charge in [-0.25, -0.2) is 0 Å². The van der Waals surface area contributed by atoms with Gasteiger partial charge in [-0.3, -0.25) is 0 Å². The summed E-state index contributed by atoms with van der Waals surface area (Å²) in [6.45, 7) is 0.662. The van der Waals surface area contributed by atoms with Gasteiger partial charge in [-0.15, -0.1) is 0 Å². The van der Waals surface area contributed by atoms with Crippen LogP contribution in [0.15, 0.2) is 24.3 Å². The second kappa shape index (κ2) is 3.23. The Labute approximate surface area is 70.9 Å². The van der Waals surface area contributed by atoms with Crippen molar-refractivity contribution in [2.45, 2.75) is 12.6 Å². The molecule has 1 aromatic rings. The van der Waals surface area contributed by atoms with Crippen molar-refractivity contribution in [3.05, 3.63) is 35.4 Å². The average Bonchev–Trinajstić information content (AvgIpc) is 2.17. The van der Waals surface area contributed by atoms with Gasteiger partial charge < -0.3 is 9.94 Å². The van der Waals surface area contributed by atoms with Gasteiger partial charge >= 0.3 is 0 Å². The number of hydrogen-bond donors (Lipinski definition) is 2. The zero-order chi connectivity index (χ0) is 8.39. The topological polar surface area (TPSA) is 41.5 Å². The minimum Gasteiger partial charge on any atom is -0.357 e. The Morgan fingerprint density at radius 2 is 2.25 bits per heavy atom. The van der Waals surface area contributed by atoms with Gasteiger partial charge in [0.15, 0.2) is 6.23 Å². The fourth-order valence-electron chi connectivity index (χ4n) is 1.50. The van der Waals surface area contributed by atoms with Crippen LogP contribution in [0.4, 0.5) is 0 Å². The fourth-order valence-corrected chi connectivity index (χ4v) is 1.50. The number of benzene rings is 1. The van der Waals surface area contributed by atoms with Crippen LogP contribution < -0.4 is 5.48 Å². The highest BCUT2D eigenvalue weighted by molar-refractivity contribution is 5.30. The predicted molar refractivity (Wildman–Crippen MR) is 43.8 cm³/mol. The Hall–Kier alpha value is -0.900. The molecule has 0 spiro atoms.